The fourth-order valence-electron chi connectivity index (χ4n) is 4.41. The zero-order valence-corrected chi connectivity index (χ0v) is 21.6. The number of methoxy groups -OCH3 is 1. The van der Waals surface area contributed by atoms with Crippen molar-refractivity contribution in [3.05, 3.63) is 64.4 Å². The average molecular weight is 524 g/mol. The van der Waals surface area contributed by atoms with Crippen molar-refractivity contribution in [1.29, 1.82) is 0 Å². The van der Waals surface area contributed by atoms with E-state index < -0.39 is 16.0 Å². The van der Waals surface area contributed by atoms with Crippen LogP contribution in [0.1, 0.15) is 39.7 Å². The van der Waals surface area contributed by atoms with Crippen molar-refractivity contribution < 1.29 is 17.9 Å². The summed E-state index contributed by atoms with van der Waals surface area (Å²) in [7, 11) is -0.670. The zero-order chi connectivity index (χ0) is 25.3. The molecule has 0 amide bonds. The Kier molecular flexibility index (Phi) is 6.78. The van der Waals surface area contributed by atoms with Crippen LogP contribution in [0.2, 0.25) is 0 Å². The minimum Gasteiger partial charge on any atom is -0.465 e. The molecule has 1 aliphatic heterocycles. The largest absolute Gasteiger partial charge is 0.465 e. The molecule has 1 saturated heterocycles. The number of hydrogen-bond acceptors (Lipinski definition) is 9. The molecule has 0 aromatic carbocycles. The molecule has 1 atom stereocenters. The summed E-state index contributed by atoms with van der Waals surface area (Å²) in [6.07, 6.45) is 6.79. The third kappa shape index (κ3) is 4.61. The van der Waals surface area contributed by atoms with Gasteiger partial charge in [-0.25, -0.2) is 18.2 Å². The average Bonchev–Trinajstić information content (AvgIpc) is 3.55. The maximum Gasteiger partial charge on any atom is 0.349 e. The van der Waals surface area contributed by atoms with E-state index in [-0.39, 0.29) is 22.2 Å². The second-order valence-corrected chi connectivity index (χ2v) is 11.5. The molecule has 0 aliphatic carbocycles. The summed E-state index contributed by atoms with van der Waals surface area (Å²) in [4.78, 5) is 21.2. The quantitative estimate of drug-likeness (QED) is 0.285. The zero-order valence-electron chi connectivity index (χ0n) is 19.9. The molecular formula is C23H25BN6O4S2. The number of sulfonamides is 1. The number of anilines is 1. The number of nitrogens with one attached hydrogen (secondary N) is 1. The number of fused-ring (bicyclic) bond motifs is 1. The van der Waals surface area contributed by atoms with Gasteiger partial charge in [0, 0.05) is 50.2 Å². The van der Waals surface area contributed by atoms with Crippen LogP contribution in [0.4, 0.5) is 5.82 Å². The molecule has 5 heterocycles. The minimum atomic E-state index is -3.87. The van der Waals surface area contributed by atoms with Crippen molar-refractivity contribution >= 4 is 52.1 Å². The summed E-state index contributed by atoms with van der Waals surface area (Å²) >= 11 is 1.06. The van der Waals surface area contributed by atoms with E-state index in [0.29, 0.717) is 19.5 Å². The standard InChI is InChI=1S/C23H25BN6O4S2/c1-34-23(31)21-19(6-9-35-21)36(32,33)29-8-3-5-16(14-29)18-10-20(26-12-15-4-2-7-25-11-15)30-22(28-18)17(24)13-27-30/h2,4,6-7,9-11,13,16,26H,3,5,8,12,14,24H2,1H3. The number of aromatic nitrogens is 4. The summed E-state index contributed by atoms with van der Waals surface area (Å²) in [6, 6.07) is 7.29. The van der Waals surface area contributed by atoms with Crippen molar-refractivity contribution in [1.82, 2.24) is 23.9 Å². The third-order valence-electron chi connectivity index (χ3n) is 6.28. The molecule has 1 unspecified atom stereocenters. The highest BCUT2D eigenvalue weighted by Crippen LogP contribution is 2.33. The van der Waals surface area contributed by atoms with E-state index in [2.05, 4.69) is 15.4 Å². The summed E-state index contributed by atoms with van der Waals surface area (Å²) in [6.45, 7) is 1.22. The topological polar surface area (TPSA) is 119 Å². The van der Waals surface area contributed by atoms with Gasteiger partial charge in [-0.2, -0.15) is 13.9 Å². The molecule has 1 N–H and O–H groups in total. The smallest absolute Gasteiger partial charge is 0.349 e. The summed E-state index contributed by atoms with van der Waals surface area (Å²) in [5, 5.41) is 9.49. The van der Waals surface area contributed by atoms with Crippen molar-refractivity contribution in [2.45, 2.75) is 30.2 Å². The predicted molar refractivity (Wildman–Crippen MR) is 139 cm³/mol. The van der Waals surface area contributed by atoms with E-state index in [1.165, 1.54) is 17.5 Å². The highest BCUT2D eigenvalue weighted by atomic mass is 32.2. The molecule has 186 valence electrons. The molecule has 5 rings (SSSR count). The molecule has 4 aromatic heterocycles. The van der Waals surface area contributed by atoms with Crippen molar-refractivity contribution in [3.8, 4) is 0 Å². The van der Waals surface area contributed by atoms with Gasteiger partial charge in [-0.3, -0.25) is 4.98 Å². The number of pyridine rings is 1. The van der Waals surface area contributed by atoms with Gasteiger partial charge in [0.1, 0.15) is 23.4 Å². The first-order valence-corrected chi connectivity index (χ1v) is 13.8. The summed E-state index contributed by atoms with van der Waals surface area (Å²) in [5.74, 6) is 0.0227. The molecule has 10 nitrogen and oxygen atoms in total. The lowest BCUT2D eigenvalue weighted by molar-refractivity contribution is 0.0602. The van der Waals surface area contributed by atoms with E-state index >= 15 is 0 Å². The highest BCUT2D eigenvalue weighted by molar-refractivity contribution is 7.89. The first-order valence-electron chi connectivity index (χ1n) is 11.5. The summed E-state index contributed by atoms with van der Waals surface area (Å²) in [5.41, 5.74) is 3.49. The molecule has 13 heteroatoms. The molecule has 36 heavy (non-hydrogen) atoms. The lowest BCUT2D eigenvalue weighted by Crippen LogP contribution is -2.39. The summed E-state index contributed by atoms with van der Waals surface area (Å²) < 4.78 is 35.0. The van der Waals surface area contributed by atoms with Gasteiger partial charge in [0.2, 0.25) is 10.0 Å². The van der Waals surface area contributed by atoms with E-state index in [1.54, 1.807) is 28.5 Å². The Morgan fingerprint density at radius 1 is 1.33 bits per heavy atom. The first kappa shape index (κ1) is 24.4. The van der Waals surface area contributed by atoms with Gasteiger partial charge in [-0.1, -0.05) is 6.07 Å². The second-order valence-electron chi connectivity index (χ2n) is 8.65. The van der Waals surface area contributed by atoms with Crippen LogP contribution in [0.15, 0.2) is 53.1 Å². The van der Waals surface area contributed by atoms with E-state index in [9.17, 15) is 13.2 Å². The van der Waals surface area contributed by atoms with Gasteiger partial charge >= 0.3 is 5.97 Å². The normalized spacial score (nSPS) is 16.8. The minimum absolute atomic E-state index is 0.00567. The number of rotatable bonds is 7. The Labute approximate surface area is 213 Å². The first-order chi connectivity index (χ1) is 17.4. The van der Waals surface area contributed by atoms with E-state index in [0.717, 1.165) is 45.9 Å². The number of thiophene rings is 1. The molecule has 1 fully saturated rings. The van der Waals surface area contributed by atoms with Crippen LogP contribution in [0.3, 0.4) is 0 Å². The van der Waals surface area contributed by atoms with Crippen LogP contribution in [-0.4, -0.2) is 66.3 Å². The Bertz CT molecular complexity index is 1510. The fourth-order valence-corrected chi connectivity index (χ4v) is 7.24. The molecule has 1 aliphatic rings. The molecule has 0 bridgehead atoms. The number of esters is 1. The molecule has 0 saturated carbocycles. The molecular weight excluding hydrogens is 499 g/mol. The van der Waals surface area contributed by atoms with E-state index in [4.69, 9.17) is 9.72 Å². The Morgan fingerprint density at radius 2 is 2.19 bits per heavy atom. The van der Waals surface area contributed by atoms with Crippen molar-refractivity contribution in [2.75, 3.05) is 25.5 Å². The fraction of sp³-hybridized carbons (Fsp3) is 0.304. The molecule has 0 radical (unpaired) electrons. The number of hydrogen-bond donors (Lipinski definition) is 1. The van der Waals surface area contributed by atoms with Crippen molar-refractivity contribution in [3.63, 3.8) is 0 Å². The van der Waals surface area contributed by atoms with Crippen LogP contribution in [0, 0.1) is 0 Å². The maximum atomic E-state index is 13.5. The number of piperidine rings is 1. The molecule has 4 aromatic rings. The van der Waals surface area contributed by atoms with Crippen LogP contribution in [-0.2, 0) is 21.3 Å². The van der Waals surface area contributed by atoms with Gasteiger partial charge in [0.15, 0.2) is 5.65 Å². The lowest BCUT2D eigenvalue weighted by atomic mass is 9.95. The van der Waals surface area contributed by atoms with Gasteiger partial charge < -0.3 is 10.1 Å². The van der Waals surface area contributed by atoms with Gasteiger partial charge in [0.05, 0.1) is 12.8 Å². The lowest BCUT2D eigenvalue weighted by Gasteiger charge is -2.31. The van der Waals surface area contributed by atoms with E-state index in [1.807, 2.05) is 26.0 Å². The molecule has 0 spiro atoms. The van der Waals surface area contributed by atoms with Gasteiger partial charge in [-0.05, 0) is 41.4 Å². The number of ether oxygens (including phenoxy) is 1. The third-order valence-corrected chi connectivity index (χ3v) is 9.22. The monoisotopic (exact) mass is 524 g/mol. The van der Waals surface area contributed by atoms with Crippen LogP contribution in [0.25, 0.3) is 5.65 Å². The SMILES string of the molecule is Bc1cnn2c(NCc3cccnc3)cc(C3CCCN(S(=O)(=O)c4ccsc4C(=O)OC)C3)nc12. The highest BCUT2D eigenvalue weighted by Gasteiger charge is 2.35. The predicted octanol–water partition coefficient (Wildman–Crippen LogP) is 1.41. The van der Waals surface area contributed by atoms with Gasteiger partial charge in [0.25, 0.3) is 0 Å². The van der Waals surface area contributed by atoms with Crippen molar-refractivity contribution in [2.24, 2.45) is 0 Å². The maximum absolute atomic E-state index is 13.5. The second kappa shape index (κ2) is 9.99. The van der Waals surface area contributed by atoms with Crippen LogP contribution in [0.5, 0.6) is 0 Å². The number of carbonyl (C=O) groups excluding carboxylic acids is 1. The van der Waals surface area contributed by atoms with Gasteiger partial charge in [-0.15, -0.1) is 11.3 Å². The number of nitrogens with zero attached hydrogens (tertiary/aromatic N) is 5. The van der Waals surface area contributed by atoms with Crippen LogP contribution < -0.4 is 10.8 Å². The Balaban J connectivity index is 1.44. The number of carbonyl (C=O) groups is 1. The van der Waals surface area contributed by atoms with Crippen LogP contribution >= 0.6 is 11.3 Å². The Hall–Kier alpha value is -3.29. The Morgan fingerprint density at radius 3 is 2.97 bits per heavy atom.